The number of halogens is 1. The molecule has 0 atom stereocenters. The van der Waals surface area contributed by atoms with E-state index in [2.05, 4.69) is 39.8 Å². The molecule has 8 nitrogen and oxygen atoms in total. The number of carboxylic acid groups (broad SMARTS) is 2. The predicted octanol–water partition coefficient (Wildman–Crippen LogP) is 5.19. The predicted molar refractivity (Wildman–Crippen MR) is 156 cm³/mol. The molecule has 0 spiro atoms. The minimum absolute atomic E-state index is 0.259. The molecule has 0 unspecified atom stereocenters. The molecule has 2 N–H and O–H groups in total. The molecule has 1 aromatic heterocycles. The lowest BCUT2D eigenvalue weighted by molar-refractivity contribution is -0.134. The Kier molecular flexibility index (Phi) is 12.3. The van der Waals surface area contributed by atoms with Gasteiger partial charge in [-0.1, -0.05) is 30.5 Å². The largest absolute Gasteiger partial charge is 0.478 e. The van der Waals surface area contributed by atoms with Crippen molar-refractivity contribution in [3.05, 3.63) is 62.8 Å². The number of anilines is 1. The van der Waals surface area contributed by atoms with Crippen molar-refractivity contribution < 1.29 is 24.6 Å². The number of hydrogen-bond acceptors (Lipinski definition) is 6. The molecule has 1 aromatic carbocycles. The number of carboxylic acids is 2. The SMILES string of the molecule is Cc1cc2c(s1)CCCN(CCCCCCN1CCN(c3cccc(Cl)c3)CC1)C2=O.O=C(O)/C=C\C(=O)O. The summed E-state index contributed by atoms with van der Waals surface area (Å²) in [5, 5.41) is 16.4. The van der Waals surface area contributed by atoms with Gasteiger partial charge < -0.3 is 20.0 Å². The van der Waals surface area contributed by atoms with Crippen LogP contribution in [0.1, 0.15) is 52.2 Å². The van der Waals surface area contributed by atoms with E-state index >= 15 is 0 Å². The van der Waals surface area contributed by atoms with Crippen molar-refractivity contribution in [2.45, 2.75) is 45.4 Å². The highest BCUT2D eigenvalue weighted by molar-refractivity contribution is 7.12. The van der Waals surface area contributed by atoms with Gasteiger partial charge in [-0.2, -0.15) is 0 Å². The Hall–Kier alpha value is -2.88. The van der Waals surface area contributed by atoms with Gasteiger partial charge in [-0.3, -0.25) is 9.69 Å². The molecule has 212 valence electrons. The van der Waals surface area contributed by atoms with Gasteiger partial charge >= 0.3 is 11.9 Å². The first-order chi connectivity index (χ1) is 18.7. The number of carbonyl (C=O) groups is 3. The van der Waals surface area contributed by atoms with E-state index in [1.54, 1.807) is 11.3 Å². The molecule has 2 aliphatic heterocycles. The van der Waals surface area contributed by atoms with Crippen LogP contribution in [0, 0.1) is 6.92 Å². The van der Waals surface area contributed by atoms with Gasteiger partial charge in [-0.15, -0.1) is 11.3 Å². The lowest BCUT2D eigenvalue weighted by atomic mass is 10.1. The van der Waals surface area contributed by atoms with Crippen molar-refractivity contribution in [1.29, 1.82) is 0 Å². The Morgan fingerprint density at radius 1 is 0.949 bits per heavy atom. The van der Waals surface area contributed by atoms with Crippen LogP contribution in [0.25, 0.3) is 0 Å². The first-order valence-corrected chi connectivity index (χ1v) is 14.7. The zero-order chi connectivity index (χ0) is 28.2. The van der Waals surface area contributed by atoms with Crippen LogP contribution < -0.4 is 4.90 Å². The summed E-state index contributed by atoms with van der Waals surface area (Å²) in [6, 6.07) is 10.3. The fourth-order valence-corrected chi connectivity index (χ4v) is 6.13. The minimum atomic E-state index is -1.26. The maximum Gasteiger partial charge on any atom is 0.328 e. The third-order valence-electron chi connectivity index (χ3n) is 6.85. The summed E-state index contributed by atoms with van der Waals surface area (Å²) in [5.41, 5.74) is 2.21. The number of benzene rings is 1. The van der Waals surface area contributed by atoms with Crippen molar-refractivity contribution >= 4 is 46.5 Å². The lowest BCUT2D eigenvalue weighted by Gasteiger charge is -2.36. The van der Waals surface area contributed by atoms with Gasteiger partial charge in [0.2, 0.25) is 0 Å². The van der Waals surface area contributed by atoms with E-state index in [-0.39, 0.29) is 5.91 Å². The van der Waals surface area contributed by atoms with Crippen molar-refractivity contribution in [3.63, 3.8) is 0 Å². The van der Waals surface area contributed by atoms with Gasteiger partial charge in [0.1, 0.15) is 0 Å². The maximum absolute atomic E-state index is 12.8. The summed E-state index contributed by atoms with van der Waals surface area (Å²) in [4.78, 5) is 41.6. The monoisotopic (exact) mass is 575 g/mol. The fraction of sp³-hybridized carbons (Fsp3) is 0.483. The molecule has 0 saturated carbocycles. The van der Waals surface area contributed by atoms with E-state index in [1.807, 2.05) is 12.1 Å². The summed E-state index contributed by atoms with van der Waals surface area (Å²) in [5.74, 6) is -2.26. The number of aryl methyl sites for hydroxylation is 2. The number of fused-ring (bicyclic) bond motifs is 1. The van der Waals surface area contributed by atoms with Crippen LogP contribution >= 0.6 is 22.9 Å². The highest BCUT2D eigenvalue weighted by Crippen LogP contribution is 2.27. The van der Waals surface area contributed by atoms with E-state index in [0.29, 0.717) is 12.2 Å². The molecule has 2 aliphatic rings. The molecule has 39 heavy (non-hydrogen) atoms. The van der Waals surface area contributed by atoms with Crippen molar-refractivity contribution in [2.75, 3.05) is 50.7 Å². The van der Waals surface area contributed by atoms with Crippen LogP contribution in [0.2, 0.25) is 5.02 Å². The van der Waals surface area contributed by atoms with E-state index < -0.39 is 11.9 Å². The van der Waals surface area contributed by atoms with E-state index in [1.165, 1.54) is 41.2 Å². The molecule has 3 heterocycles. The van der Waals surface area contributed by atoms with Crippen LogP contribution in [0.4, 0.5) is 5.69 Å². The second-order valence-electron chi connectivity index (χ2n) is 9.82. The first-order valence-electron chi connectivity index (χ1n) is 13.5. The van der Waals surface area contributed by atoms with Crippen LogP contribution in [0.15, 0.2) is 42.5 Å². The Morgan fingerprint density at radius 3 is 2.26 bits per heavy atom. The highest BCUT2D eigenvalue weighted by Gasteiger charge is 2.23. The third-order valence-corrected chi connectivity index (χ3v) is 8.19. The van der Waals surface area contributed by atoms with Gasteiger partial charge in [0.25, 0.3) is 5.91 Å². The highest BCUT2D eigenvalue weighted by atomic mass is 35.5. The molecular weight excluding hydrogens is 538 g/mol. The van der Waals surface area contributed by atoms with E-state index in [4.69, 9.17) is 21.8 Å². The van der Waals surface area contributed by atoms with Gasteiger partial charge in [-0.05, 0) is 63.4 Å². The molecule has 0 radical (unpaired) electrons. The smallest absolute Gasteiger partial charge is 0.328 e. The molecule has 10 heteroatoms. The summed E-state index contributed by atoms with van der Waals surface area (Å²) in [7, 11) is 0. The first kappa shape index (κ1) is 30.7. The average molecular weight is 576 g/mol. The van der Waals surface area contributed by atoms with E-state index in [9.17, 15) is 14.4 Å². The zero-order valence-electron chi connectivity index (χ0n) is 22.5. The molecule has 4 rings (SSSR count). The minimum Gasteiger partial charge on any atom is -0.478 e. The Balaban J connectivity index is 0.000000459. The molecule has 0 bridgehead atoms. The number of hydrogen-bond donors (Lipinski definition) is 2. The van der Waals surface area contributed by atoms with Gasteiger partial charge in [0.15, 0.2) is 0 Å². The van der Waals surface area contributed by atoms with Crippen LogP contribution in [-0.2, 0) is 16.0 Å². The van der Waals surface area contributed by atoms with Gasteiger partial charge in [-0.25, -0.2) is 9.59 Å². The Labute approximate surface area is 239 Å². The number of rotatable bonds is 10. The topological polar surface area (TPSA) is 101 Å². The summed E-state index contributed by atoms with van der Waals surface area (Å²) >= 11 is 7.93. The quantitative estimate of drug-likeness (QED) is 0.297. The van der Waals surface area contributed by atoms with Gasteiger partial charge in [0, 0.05) is 71.9 Å². The molecule has 2 aromatic rings. The number of aliphatic carboxylic acids is 2. The Morgan fingerprint density at radius 2 is 1.62 bits per heavy atom. The summed E-state index contributed by atoms with van der Waals surface area (Å²) < 4.78 is 0. The zero-order valence-corrected chi connectivity index (χ0v) is 24.1. The molecule has 1 saturated heterocycles. The number of unbranched alkanes of at least 4 members (excludes halogenated alkanes) is 3. The summed E-state index contributed by atoms with van der Waals surface area (Å²) in [6.45, 7) is 9.50. The van der Waals surface area contributed by atoms with Crippen LogP contribution in [0.3, 0.4) is 0 Å². The van der Waals surface area contributed by atoms with Crippen molar-refractivity contribution in [2.24, 2.45) is 0 Å². The number of thiophene rings is 1. The summed E-state index contributed by atoms with van der Waals surface area (Å²) in [6.07, 6.45) is 8.10. The molecule has 1 fully saturated rings. The van der Waals surface area contributed by atoms with Crippen molar-refractivity contribution in [3.8, 4) is 0 Å². The average Bonchev–Trinajstić information content (AvgIpc) is 3.22. The number of carbonyl (C=O) groups excluding carboxylic acids is 1. The standard InChI is InChI=1S/C25H34ClN3OS.C4H4O4/c1-20-18-23-24(31-20)10-7-13-29(25(23)30)12-5-3-2-4-11-27-14-16-28(17-15-27)22-9-6-8-21(26)19-22;5-3(6)1-2-4(7)8/h6,8-9,18-19H,2-5,7,10-17H2,1H3;1-2H,(H,5,6)(H,7,8)/b;2-1-. The Bertz CT molecular complexity index is 1130. The number of piperazine rings is 1. The normalized spacial score (nSPS) is 16.0. The number of nitrogens with zero attached hydrogens (tertiary/aromatic N) is 3. The van der Waals surface area contributed by atoms with Crippen LogP contribution in [-0.4, -0.2) is 83.7 Å². The molecule has 1 amide bonds. The number of amides is 1. The van der Waals surface area contributed by atoms with Gasteiger partial charge in [0.05, 0.1) is 5.56 Å². The lowest BCUT2D eigenvalue weighted by Crippen LogP contribution is -2.46. The maximum atomic E-state index is 12.8. The third kappa shape index (κ3) is 10.3. The second kappa shape index (κ2) is 15.6. The second-order valence-corrected chi connectivity index (χ2v) is 11.6. The molecular formula is C29H38ClN3O5S. The van der Waals surface area contributed by atoms with Crippen LogP contribution in [0.5, 0.6) is 0 Å². The molecule has 0 aliphatic carbocycles. The fourth-order valence-electron chi connectivity index (χ4n) is 4.88. The van der Waals surface area contributed by atoms with E-state index in [0.717, 1.165) is 69.1 Å². The van der Waals surface area contributed by atoms with Crippen molar-refractivity contribution in [1.82, 2.24) is 9.80 Å².